The van der Waals surface area contributed by atoms with E-state index in [1.54, 1.807) is 6.92 Å². The fourth-order valence-corrected chi connectivity index (χ4v) is 1.63. The van der Waals surface area contributed by atoms with Gasteiger partial charge in [-0.1, -0.05) is 0 Å². The molecule has 0 spiro atoms. The normalized spacial score (nSPS) is 15.0. The fourth-order valence-electron chi connectivity index (χ4n) is 1.50. The predicted molar refractivity (Wildman–Crippen MR) is 65.8 cm³/mol. The lowest BCUT2D eigenvalue weighted by Crippen LogP contribution is -2.34. The third kappa shape index (κ3) is 3.08. The molecule has 1 fully saturated rings. The van der Waals surface area contributed by atoms with Crippen molar-refractivity contribution in [3.8, 4) is 0 Å². The summed E-state index contributed by atoms with van der Waals surface area (Å²) in [6.45, 7) is 4.17. The summed E-state index contributed by atoms with van der Waals surface area (Å²) in [6, 6.07) is 0. The highest BCUT2D eigenvalue weighted by molar-refractivity contribution is 6.28. The van der Waals surface area contributed by atoms with E-state index < -0.39 is 5.97 Å². The van der Waals surface area contributed by atoms with Gasteiger partial charge < -0.3 is 14.8 Å². The molecule has 0 saturated carbocycles. The van der Waals surface area contributed by atoms with E-state index in [-0.39, 0.29) is 5.28 Å². The highest BCUT2D eigenvalue weighted by Crippen LogP contribution is 2.17. The summed E-state index contributed by atoms with van der Waals surface area (Å²) in [5, 5.41) is 3.17. The molecule has 0 atom stereocenters. The molecular weight excluding hydrogens is 258 g/mol. The number of hydrogen-bond donors (Lipinski definition) is 1. The molecule has 98 valence electrons. The number of rotatable bonds is 5. The summed E-state index contributed by atoms with van der Waals surface area (Å²) < 4.78 is 10.0. The number of halogens is 1. The molecule has 1 aliphatic rings. The SMILES string of the molecule is CCOC(=O)c1cnc(Cl)nc1NCC1COC1. The van der Waals surface area contributed by atoms with Crippen molar-refractivity contribution in [1.29, 1.82) is 0 Å². The van der Waals surface area contributed by atoms with E-state index in [1.165, 1.54) is 6.20 Å². The minimum absolute atomic E-state index is 0.0930. The van der Waals surface area contributed by atoms with Crippen LogP contribution in [0.3, 0.4) is 0 Å². The number of esters is 1. The second-order valence-corrected chi connectivity index (χ2v) is 4.24. The first-order chi connectivity index (χ1) is 8.70. The first-order valence-corrected chi connectivity index (χ1v) is 6.09. The molecule has 0 radical (unpaired) electrons. The van der Waals surface area contributed by atoms with Crippen molar-refractivity contribution >= 4 is 23.4 Å². The topological polar surface area (TPSA) is 73.3 Å². The molecule has 0 aliphatic carbocycles. The highest BCUT2D eigenvalue weighted by atomic mass is 35.5. The fraction of sp³-hybridized carbons (Fsp3) is 0.545. The minimum atomic E-state index is -0.457. The van der Waals surface area contributed by atoms with E-state index in [1.807, 2.05) is 0 Å². The minimum Gasteiger partial charge on any atom is -0.462 e. The van der Waals surface area contributed by atoms with E-state index in [4.69, 9.17) is 21.1 Å². The Bertz CT molecular complexity index is 438. The van der Waals surface area contributed by atoms with Crippen LogP contribution in [0.1, 0.15) is 17.3 Å². The summed E-state index contributed by atoms with van der Waals surface area (Å²) in [7, 11) is 0. The Balaban J connectivity index is 2.09. The van der Waals surface area contributed by atoms with Gasteiger partial charge in [-0.05, 0) is 18.5 Å². The van der Waals surface area contributed by atoms with E-state index >= 15 is 0 Å². The van der Waals surface area contributed by atoms with Gasteiger partial charge in [0.15, 0.2) is 0 Å². The number of nitrogens with one attached hydrogen (secondary N) is 1. The molecule has 2 heterocycles. The second-order valence-electron chi connectivity index (χ2n) is 3.91. The van der Waals surface area contributed by atoms with Crippen LogP contribution in [0.4, 0.5) is 5.82 Å². The van der Waals surface area contributed by atoms with Gasteiger partial charge in [-0.2, -0.15) is 4.98 Å². The van der Waals surface area contributed by atoms with Gasteiger partial charge in [-0.25, -0.2) is 9.78 Å². The molecule has 6 nitrogen and oxygen atoms in total. The number of ether oxygens (including phenoxy) is 2. The van der Waals surface area contributed by atoms with Crippen molar-refractivity contribution in [1.82, 2.24) is 9.97 Å². The molecule has 0 amide bonds. The molecule has 1 aromatic heterocycles. The van der Waals surface area contributed by atoms with Crippen molar-refractivity contribution < 1.29 is 14.3 Å². The smallest absolute Gasteiger partial charge is 0.343 e. The Kier molecular flexibility index (Phi) is 4.33. The van der Waals surface area contributed by atoms with Gasteiger partial charge in [0.1, 0.15) is 11.4 Å². The molecule has 7 heteroatoms. The van der Waals surface area contributed by atoms with Crippen LogP contribution in [0.2, 0.25) is 5.28 Å². The van der Waals surface area contributed by atoms with Crippen molar-refractivity contribution in [2.45, 2.75) is 6.92 Å². The van der Waals surface area contributed by atoms with Crippen molar-refractivity contribution in [2.75, 3.05) is 31.7 Å². The van der Waals surface area contributed by atoms with Crippen LogP contribution in [-0.4, -0.2) is 42.3 Å². The summed E-state index contributed by atoms with van der Waals surface area (Å²) in [5.41, 5.74) is 0.293. The van der Waals surface area contributed by atoms with Gasteiger partial charge >= 0.3 is 5.97 Å². The van der Waals surface area contributed by atoms with E-state index in [0.717, 1.165) is 13.2 Å². The monoisotopic (exact) mass is 271 g/mol. The molecule has 0 bridgehead atoms. The maximum atomic E-state index is 11.7. The Hall–Kier alpha value is -1.40. The number of carbonyl (C=O) groups is 1. The van der Waals surface area contributed by atoms with Crippen LogP contribution < -0.4 is 5.32 Å². The molecule has 1 aliphatic heterocycles. The van der Waals surface area contributed by atoms with Gasteiger partial charge in [-0.3, -0.25) is 0 Å². The summed E-state index contributed by atoms with van der Waals surface area (Å²) in [6.07, 6.45) is 1.37. The Morgan fingerprint density at radius 2 is 2.44 bits per heavy atom. The standard InChI is InChI=1S/C11H14ClN3O3/c1-2-18-10(16)8-4-14-11(12)15-9(8)13-3-7-5-17-6-7/h4,7H,2-3,5-6H2,1H3,(H,13,14,15). The number of anilines is 1. The van der Waals surface area contributed by atoms with Gasteiger partial charge in [0.25, 0.3) is 0 Å². The molecular formula is C11H14ClN3O3. The average Bonchev–Trinajstić information content (AvgIpc) is 2.27. The maximum Gasteiger partial charge on any atom is 0.343 e. The highest BCUT2D eigenvalue weighted by Gasteiger charge is 2.20. The van der Waals surface area contributed by atoms with Gasteiger partial charge in [-0.15, -0.1) is 0 Å². The largest absolute Gasteiger partial charge is 0.462 e. The van der Waals surface area contributed by atoms with E-state index in [9.17, 15) is 4.79 Å². The zero-order valence-electron chi connectivity index (χ0n) is 9.98. The van der Waals surface area contributed by atoms with Crippen LogP contribution >= 0.6 is 11.6 Å². The molecule has 1 N–H and O–H groups in total. The van der Waals surface area contributed by atoms with Gasteiger partial charge in [0.05, 0.1) is 19.8 Å². The number of carbonyl (C=O) groups excluding carboxylic acids is 1. The van der Waals surface area contributed by atoms with Crippen molar-refractivity contribution in [3.05, 3.63) is 17.0 Å². The third-order valence-corrected chi connectivity index (χ3v) is 2.70. The lowest BCUT2D eigenvalue weighted by Gasteiger charge is -2.26. The van der Waals surface area contributed by atoms with Crippen LogP contribution in [-0.2, 0) is 9.47 Å². The first kappa shape index (κ1) is 13.0. The second kappa shape index (κ2) is 5.97. The van der Waals surface area contributed by atoms with Gasteiger partial charge in [0.2, 0.25) is 5.28 Å². The molecule has 0 aromatic carbocycles. The van der Waals surface area contributed by atoms with Crippen LogP contribution in [0, 0.1) is 5.92 Å². The number of aromatic nitrogens is 2. The molecule has 0 unspecified atom stereocenters. The summed E-state index contributed by atoms with van der Waals surface area (Å²) in [5.74, 6) is 0.385. The first-order valence-electron chi connectivity index (χ1n) is 5.72. The molecule has 2 rings (SSSR count). The Morgan fingerprint density at radius 3 is 3.06 bits per heavy atom. The Morgan fingerprint density at radius 1 is 1.67 bits per heavy atom. The average molecular weight is 272 g/mol. The van der Waals surface area contributed by atoms with Crippen molar-refractivity contribution in [3.63, 3.8) is 0 Å². The van der Waals surface area contributed by atoms with Crippen LogP contribution in [0.15, 0.2) is 6.20 Å². The third-order valence-electron chi connectivity index (χ3n) is 2.52. The van der Waals surface area contributed by atoms with Crippen LogP contribution in [0.5, 0.6) is 0 Å². The zero-order valence-corrected chi connectivity index (χ0v) is 10.7. The summed E-state index contributed by atoms with van der Waals surface area (Å²) >= 11 is 5.72. The van der Waals surface area contributed by atoms with E-state index in [0.29, 0.717) is 30.5 Å². The maximum absolute atomic E-state index is 11.7. The molecule has 18 heavy (non-hydrogen) atoms. The number of nitrogens with zero attached hydrogens (tertiary/aromatic N) is 2. The zero-order chi connectivity index (χ0) is 13.0. The van der Waals surface area contributed by atoms with Crippen LogP contribution in [0.25, 0.3) is 0 Å². The predicted octanol–water partition coefficient (Wildman–Crippen LogP) is 1.36. The quantitative estimate of drug-likeness (QED) is 0.644. The lowest BCUT2D eigenvalue weighted by molar-refractivity contribution is -0.0248. The van der Waals surface area contributed by atoms with Gasteiger partial charge in [0, 0.05) is 18.7 Å². The Labute approximate surface area is 110 Å². The van der Waals surface area contributed by atoms with Crippen molar-refractivity contribution in [2.24, 2.45) is 5.92 Å². The number of hydrogen-bond acceptors (Lipinski definition) is 6. The summed E-state index contributed by atoms with van der Waals surface area (Å²) in [4.78, 5) is 19.5. The van der Waals surface area contributed by atoms with E-state index in [2.05, 4.69) is 15.3 Å². The molecule has 1 saturated heterocycles. The lowest BCUT2D eigenvalue weighted by atomic mass is 10.1. The molecule has 1 aromatic rings.